The molecule has 0 radical (unpaired) electrons. The van der Waals surface area contributed by atoms with E-state index in [-0.39, 0.29) is 17.9 Å². The van der Waals surface area contributed by atoms with Crippen molar-refractivity contribution in [3.8, 4) is 0 Å². The fourth-order valence-corrected chi connectivity index (χ4v) is 2.32. The molecule has 0 aliphatic heterocycles. The van der Waals surface area contributed by atoms with E-state index in [1.54, 1.807) is 0 Å². The molecule has 1 aromatic rings. The van der Waals surface area contributed by atoms with E-state index >= 15 is 0 Å². The predicted molar refractivity (Wildman–Crippen MR) is 74.5 cm³/mol. The number of nitrogens with one attached hydrogen (secondary N) is 1. The highest BCUT2D eigenvalue weighted by Crippen LogP contribution is 2.21. The molecule has 2 unspecified atom stereocenters. The number of benzene rings is 1. The van der Waals surface area contributed by atoms with Crippen molar-refractivity contribution >= 4 is 17.5 Å². The highest BCUT2D eigenvalue weighted by atomic mass is 35.5. The van der Waals surface area contributed by atoms with Gasteiger partial charge in [0.1, 0.15) is 0 Å². The van der Waals surface area contributed by atoms with Gasteiger partial charge in [-0.1, -0.05) is 35.9 Å². The van der Waals surface area contributed by atoms with Gasteiger partial charge in [0, 0.05) is 10.9 Å². The monoisotopic (exact) mass is 263 g/mol. The molecule has 0 bridgehead atoms. The molecule has 3 heteroatoms. The molecule has 0 saturated carbocycles. The van der Waals surface area contributed by atoms with Crippen molar-refractivity contribution in [2.45, 2.75) is 32.2 Å². The molecule has 1 aromatic carbocycles. The number of hydrogen-bond donors (Lipinski definition) is 1. The first kappa shape index (κ1) is 13.2. The molecule has 2 nitrogen and oxygen atoms in total. The molecule has 0 heterocycles. The summed E-state index contributed by atoms with van der Waals surface area (Å²) in [5, 5.41) is 3.79. The van der Waals surface area contributed by atoms with Crippen molar-refractivity contribution < 1.29 is 4.79 Å². The van der Waals surface area contributed by atoms with E-state index in [1.165, 1.54) is 0 Å². The van der Waals surface area contributed by atoms with E-state index in [1.807, 2.05) is 31.2 Å². The Labute approximate surface area is 113 Å². The summed E-state index contributed by atoms with van der Waals surface area (Å²) in [5.74, 6) is 0.284. The van der Waals surface area contributed by atoms with Crippen molar-refractivity contribution in [2.24, 2.45) is 5.92 Å². The number of allylic oxidation sites excluding steroid dienone is 2. The number of halogens is 1. The Morgan fingerprint density at radius 3 is 2.67 bits per heavy atom. The van der Waals surface area contributed by atoms with Crippen LogP contribution in [0.3, 0.4) is 0 Å². The molecule has 0 fully saturated rings. The van der Waals surface area contributed by atoms with Crippen LogP contribution in [0.2, 0.25) is 5.02 Å². The van der Waals surface area contributed by atoms with Gasteiger partial charge >= 0.3 is 0 Å². The van der Waals surface area contributed by atoms with Crippen LogP contribution in [0.5, 0.6) is 0 Å². The van der Waals surface area contributed by atoms with Gasteiger partial charge in [0.2, 0.25) is 5.91 Å². The third-order valence-corrected chi connectivity index (χ3v) is 3.62. The van der Waals surface area contributed by atoms with Crippen LogP contribution >= 0.6 is 11.6 Å². The number of hydrogen-bond acceptors (Lipinski definition) is 1. The van der Waals surface area contributed by atoms with Crippen molar-refractivity contribution in [2.75, 3.05) is 0 Å². The van der Waals surface area contributed by atoms with Gasteiger partial charge in [-0.2, -0.15) is 0 Å². The first-order valence-corrected chi connectivity index (χ1v) is 6.75. The summed E-state index contributed by atoms with van der Waals surface area (Å²) >= 11 is 5.85. The lowest BCUT2D eigenvalue weighted by molar-refractivity contribution is -0.125. The second kappa shape index (κ2) is 6.05. The first-order valence-electron chi connectivity index (χ1n) is 6.37. The molecule has 1 aliphatic rings. The molecular formula is C15H18ClNO. The summed E-state index contributed by atoms with van der Waals surface area (Å²) in [7, 11) is 0. The van der Waals surface area contributed by atoms with Gasteiger partial charge in [-0.15, -0.1) is 0 Å². The van der Waals surface area contributed by atoms with Crippen LogP contribution in [-0.4, -0.2) is 5.91 Å². The summed E-state index contributed by atoms with van der Waals surface area (Å²) < 4.78 is 0. The SMILES string of the molecule is CC(NC(=O)C1CC=CCC1)c1ccc(Cl)cc1. The van der Waals surface area contributed by atoms with Gasteiger partial charge in [0.05, 0.1) is 6.04 Å². The van der Waals surface area contributed by atoms with Crippen LogP contribution < -0.4 is 5.32 Å². The molecule has 0 spiro atoms. The van der Waals surface area contributed by atoms with Crippen molar-refractivity contribution in [3.63, 3.8) is 0 Å². The third kappa shape index (κ3) is 3.36. The maximum absolute atomic E-state index is 12.1. The lowest BCUT2D eigenvalue weighted by Gasteiger charge is -2.21. The zero-order chi connectivity index (χ0) is 13.0. The van der Waals surface area contributed by atoms with Crippen LogP contribution in [0.15, 0.2) is 36.4 Å². The summed E-state index contributed by atoms with van der Waals surface area (Å²) in [6.07, 6.45) is 7.06. The fraction of sp³-hybridized carbons (Fsp3) is 0.400. The molecule has 1 N–H and O–H groups in total. The fourth-order valence-electron chi connectivity index (χ4n) is 2.20. The first-order chi connectivity index (χ1) is 8.66. The molecular weight excluding hydrogens is 246 g/mol. The summed E-state index contributed by atoms with van der Waals surface area (Å²) in [5.41, 5.74) is 1.08. The van der Waals surface area contributed by atoms with Gasteiger partial charge in [0.15, 0.2) is 0 Å². The Balaban J connectivity index is 1.94. The lowest BCUT2D eigenvalue weighted by atomic mass is 9.93. The zero-order valence-electron chi connectivity index (χ0n) is 10.5. The summed E-state index contributed by atoms with van der Waals surface area (Å²) in [6.45, 7) is 2.00. The molecule has 2 rings (SSSR count). The minimum Gasteiger partial charge on any atom is -0.349 e. The summed E-state index contributed by atoms with van der Waals surface area (Å²) in [4.78, 5) is 12.1. The van der Waals surface area contributed by atoms with E-state index in [0.29, 0.717) is 0 Å². The highest BCUT2D eigenvalue weighted by molar-refractivity contribution is 6.30. The quantitative estimate of drug-likeness (QED) is 0.824. The van der Waals surface area contributed by atoms with Gasteiger partial charge in [-0.05, 0) is 43.9 Å². The van der Waals surface area contributed by atoms with Crippen molar-refractivity contribution in [3.05, 3.63) is 47.0 Å². The molecule has 1 aliphatic carbocycles. The van der Waals surface area contributed by atoms with E-state index in [0.717, 1.165) is 29.8 Å². The normalized spacial score (nSPS) is 20.4. The number of rotatable bonds is 3. The van der Waals surface area contributed by atoms with E-state index < -0.39 is 0 Å². The maximum atomic E-state index is 12.1. The molecule has 2 atom stereocenters. The van der Waals surface area contributed by atoms with Crippen molar-refractivity contribution in [1.29, 1.82) is 0 Å². The van der Waals surface area contributed by atoms with Crippen LogP contribution in [0.25, 0.3) is 0 Å². The molecule has 96 valence electrons. The van der Waals surface area contributed by atoms with Crippen molar-refractivity contribution in [1.82, 2.24) is 5.32 Å². The van der Waals surface area contributed by atoms with Gasteiger partial charge in [-0.25, -0.2) is 0 Å². The van der Waals surface area contributed by atoms with Crippen LogP contribution in [0.4, 0.5) is 0 Å². The number of carbonyl (C=O) groups is 1. The smallest absolute Gasteiger partial charge is 0.223 e. The standard InChI is InChI=1S/C15H18ClNO/c1-11(12-7-9-14(16)10-8-12)17-15(18)13-5-3-2-4-6-13/h2-3,7-11,13H,4-6H2,1H3,(H,17,18). The number of amides is 1. The Morgan fingerprint density at radius 1 is 1.33 bits per heavy atom. The van der Waals surface area contributed by atoms with E-state index in [4.69, 9.17) is 11.6 Å². The Hall–Kier alpha value is -1.28. The third-order valence-electron chi connectivity index (χ3n) is 3.37. The second-order valence-electron chi connectivity index (χ2n) is 4.76. The minimum atomic E-state index is 0.0284. The van der Waals surface area contributed by atoms with Gasteiger partial charge in [0.25, 0.3) is 0 Å². The Kier molecular flexibility index (Phi) is 4.43. The minimum absolute atomic E-state index is 0.0284. The number of carbonyl (C=O) groups excluding carboxylic acids is 1. The predicted octanol–water partition coefficient (Wildman–Crippen LogP) is 3.87. The largest absolute Gasteiger partial charge is 0.349 e. The highest BCUT2D eigenvalue weighted by Gasteiger charge is 2.20. The Bertz CT molecular complexity index is 438. The van der Waals surface area contributed by atoms with Gasteiger partial charge < -0.3 is 5.32 Å². The molecule has 18 heavy (non-hydrogen) atoms. The molecule has 0 saturated heterocycles. The average Bonchev–Trinajstić information content (AvgIpc) is 2.40. The van der Waals surface area contributed by atoms with Crippen LogP contribution in [0, 0.1) is 5.92 Å². The topological polar surface area (TPSA) is 29.1 Å². The Morgan fingerprint density at radius 2 is 2.06 bits per heavy atom. The van der Waals surface area contributed by atoms with Crippen LogP contribution in [0.1, 0.15) is 37.8 Å². The van der Waals surface area contributed by atoms with Crippen LogP contribution in [-0.2, 0) is 4.79 Å². The maximum Gasteiger partial charge on any atom is 0.223 e. The molecule has 0 aromatic heterocycles. The summed E-state index contributed by atoms with van der Waals surface area (Å²) in [6, 6.07) is 7.63. The zero-order valence-corrected chi connectivity index (χ0v) is 11.3. The lowest BCUT2D eigenvalue weighted by Crippen LogP contribution is -2.33. The van der Waals surface area contributed by atoms with E-state index in [9.17, 15) is 4.79 Å². The van der Waals surface area contributed by atoms with E-state index in [2.05, 4.69) is 17.5 Å². The second-order valence-corrected chi connectivity index (χ2v) is 5.20. The average molecular weight is 264 g/mol. The van der Waals surface area contributed by atoms with Gasteiger partial charge in [-0.3, -0.25) is 4.79 Å². The molecule has 1 amide bonds.